The molecule has 2 aliphatic rings. The van der Waals surface area contributed by atoms with Gasteiger partial charge in [-0.2, -0.15) is 0 Å². The Morgan fingerprint density at radius 2 is 1.93 bits per heavy atom. The van der Waals surface area contributed by atoms with Crippen LogP contribution < -0.4 is 15.4 Å². The van der Waals surface area contributed by atoms with E-state index in [1.165, 1.54) is 11.1 Å². The summed E-state index contributed by atoms with van der Waals surface area (Å²) in [5.41, 5.74) is 2.52. The molecule has 2 heterocycles. The molecule has 6 nitrogen and oxygen atoms in total. The molecule has 1 aromatic rings. The Kier molecular flexibility index (Phi) is 7.98. The Labute approximate surface area is 169 Å². The molecular formula is C22H35N3O3. The van der Waals surface area contributed by atoms with Crippen LogP contribution >= 0.6 is 0 Å². The highest BCUT2D eigenvalue weighted by molar-refractivity contribution is 5.73. The maximum atomic E-state index is 12.3. The first-order valence-corrected chi connectivity index (χ1v) is 10.8. The average molecular weight is 390 g/mol. The van der Waals surface area contributed by atoms with Gasteiger partial charge in [0.15, 0.2) is 0 Å². The number of amides is 2. The molecule has 0 radical (unpaired) electrons. The lowest BCUT2D eigenvalue weighted by atomic mass is 9.92. The number of nitrogens with zero attached hydrogens (tertiary/aromatic N) is 1. The quantitative estimate of drug-likeness (QED) is 0.682. The summed E-state index contributed by atoms with van der Waals surface area (Å²) in [6.07, 6.45) is 4.07. The molecule has 0 aliphatic carbocycles. The highest BCUT2D eigenvalue weighted by Crippen LogP contribution is 2.25. The van der Waals surface area contributed by atoms with Gasteiger partial charge in [-0.1, -0.05) is 38.8 Å². The van der Waals surface area contributed by atoms with E-state index in [1.54, 1.807) is 0 Å². The van der Waals surface area contributed by atoms with Gasteiger partial charge in [-0.3, -0.25) is 4.90 Å². The van der Waals surface area contributed by atoms with E-state index in [-0.39, 0.29) is 6.03 Å². The van der Waals surface area contributed by atoms with Gasteiger partial charge in [-0.05, 0) is 29.5 Å². The fourth-order valence-corrected chi connectivity index (χ4v) is 4.31. The molecular weight excluding hydrogens is 354 g/mol. The van der Waals surface area contributed by atoms with Crippen LogP contribution in [0.5, 0.6) is 5.75 Å². The second-order valence-electron chi connectivity index (χ2n) is 7.72. The number of rotatable bonds is 9. The van der Waals surface area contributed by atoms with Crippen LogP contribution in [0, 0.1) is 5.92 Å². The molecule has 2 amide bonds. The number of carbonyl (C=O) groups is 1. The van der Waals surface area contributed by atoms with Gasteiger partial charge in [0.1, 0.15) is 5.75 Å². The molecule has 156 valence electrons. The predicted molar refractivity (Wildman–Crippen MR) is 111 cm³/mol. The third kappa shape index (κ3) is 5.61. The summed E-state index contributed by atoms with van der Waals surface area (Å²) in [5.74, 6) is 1.59. The second kappa shape index (κ2) is 10.7. The molecule has 0 spiro atoms. The molecule has 1 atom stereocenters. The highest BCUT2D eigenvalue weighted by Gasteiger charge is 2.27. The van der Waals surface area contributed by atoms with Crippen LogP contribution in [-0.2, 0) is 17.6 Å². The standard InChI is InChI=1S/C22H35N3O3/c1-3-18(4-2)20(25-10-13-27-14-11-25)16-24-22(26)23-9-7-17-5-6-21-19(15-17)8-12-28-21/h5-6,15,18,20H,3-4,7-14,16H2,1-2H3,(H2,23,24,26). The van der Waals surface area contributed by atoms with Crippen LogP contribution in [0.25, 0.3) is 0 Å². The van der Waals surface area contributed by atoms with Crippen molar-refractivity contribution in [3.8, 4) is 5.75 Å². The molecule has 0 saturated carbocycles. The lowest BCUT2D eigenvalue weighted by molar-refractivity contribution is 0.00238. The summed E-state index contributed by atoms with van der Waals surface area (Å²) >= 11 is 0. The number of hydrogen-bond donors (Lipinski definition) is 2. The van der Waals surface area contributed by atoms with E-state index in [0.29, 0.717) is 25.0 Å². The van der Waals surface area contributed by atoms with Gasteiger partial charge >= 0.3 is 6.03 Å². The van der Waals surface area contributed by atoms with Crippen molar-refractivity contribution in [2.75, 3.05) is 46.0 Å². The molecule has 1 fully saturated rings. The van der Waals surface area contributed by atoms with E-state index >= 15 is 0 Å². The van der Waals surface area contributed by atoms with Crippen molar-refractivity contribution in [3.05, 3.63) is 29.3 Å². The SMILES string of the molecule is CCC(CC)C(CNC(=O)NCCc1ccc2c(c1)CCO2)N1CCOCC1. The monoisotopic (exact) mass is 389 g/mol. The third-order valence-corrected chi connectivity index (χ3v) is 6.03. The maximum absolute atomic E-state index is 12.3. The zero-order valence-electron chi connectivity index (χ0n) is 17.3. The van der Waals surface area contributed by atoms with E-state index in [0.717, 1.165) is 64.3 Å². The van der Waals surface area contributed by atoms with Crippen molar-refractivity contribution in [2.24, 2.45) is 5.92 Å². The first-order valence-electron chi connectivity index (χ1n) is 10.8. The lowest BCUT2D eigenvalue weighted by Crippen LogP contribution is -2.53. The molecule has 3 rings (SSSR count). The highest BCUT2D eigenvalue weighted by atomic mass is 16.5. The number of carbonyl (C=O) groups excluding carboxylic acids is 1. The van der Waals surface area contributed by atoms with E-state index in [2.05, 4.69) is 41.5 Å². The number of urea groups is 1. The Morgan fingerprint density at radius 3 is 2.68 bits per heavy atom. The van der Waals surface area contributed by atoms with E-state index in [9.17, 15) is 4.79 Å². The minimum atomic E-state index is -0.0753. The van der Waals surface area contributed by atoms with Crippen LogP contribution in [0.3, 0.4) is 0 Å². The summed E-state index contributed by atoms with van der Waals surface area (Å²) in [4.78, 5) is 14.8. The molecule has 0 bridgehead atoms. The average Bonchev–Trinajstić information content (AvgIpc) is 3.19. The molecule has 2 aliphatic heterocycles. The van der Waals surface area contributed by atoms with Gasteiger partial charge in [-0.25, -0.2) is 4.79 Å². The predicted octanol–water partition coefficient (Wildman–Crippen LogP) is 2.60. The first kappa shape index (κ1) is 20.9. The molecule has 1 saturated heterocycles. The summed E-state index contributed by atoms with van der Waals surface area (Å²) in [6.45, 7) is 10.1. The third-order valence-electron chi connectivity index (χ3n) is 6.03. The largest absolute Gasteiger partial charge is 0.493 e. The van der Waals surface area contributed by atoms with E-state index < -0.39 is 0 Å². The fraction of sp³-hybridized carbons (Fsp3) is 0.682. The zero-order chi connectivity index (χ0) is 19.8. The second-order valence-corrected chi connectivity index (χ2v) is 7.72. The smallest absolute Gasteiger partial charge is 0.314 e. The minimum absolute atomic E-state index is 0.0753. The number of benzene rings is 1. The van der Waals surface area contributed by atoms with E-state index in [1.807, 2.05) is 6.07 Å². The van der Waals surface area contributed by atoms with Crippen LogP contribution in [0.4, 0.5) is 4.79 Å². The summed E-state index contributed by atoms with van der Waals surface area (Å²) in [7, 11) is 0. The number of morpholine rings is 1. The van der Waals surface area contributed by atoms with Crippen LogP contribution in [-0.4, -0.2) is 63.0 Å². The Hall–Kier alpha value is -1.79. The normalized spacial score (nSPS) is 17.8. The topological polar surface area (TPSA) is 62.8 Å². The number of fused-ring (bicyclic) bond motifs is 1. The van der Waals surface area contributed by atoms with Crippen molar-refractivity contribution < 1.29 is 14.3 Å². The molecule has 1 unspecified atom stereocenters. The van der Waals surface area contributed by atoms with Crippen LogP contribution in [0.2, 0.25) is 0 Å². The van der Waals surface area contributed by atoms with Crippen LogP contribution in [0.15, 0.2) is 18.2 Å². The van der Waals surface area contributed by atoms with Gasteiger partial charge in [0.2, 0.25) is 0 Å². The van der Waals surface area contributed by atoms with Crippen molar-refractivity contribution >= 4 is 6.03 Å². The lowest BCUT2D eigenvalue weighted by Gasteiger charge is -2.38. The minimum Gasteiger partial charge on any atom is -0.493 e. The van der Waals surface area contributed by atoms with Gasteiger partial charge in [0.25, 0.3) is 0 Å². The summed E-state index contributed by atoms with van der Waals surface area (Å²) in [6, 6.07) is 6.63. The fourth-order valence-electron chi connectivity index (χ4n) is 4.31. The maximum Gasteiger partial charge on any atom is 0.314 e. The molecule has 6 heteroatoms. The first-order chi connectivity index (χ1) is 13.7. The van der Waals surface area contributed by atoms with Gasteiger partial charge < -0.3 is 20.1 Å². The Morgan fingerprint density at radius 1 is 1.14 bits per heavy atom. The molecule has 0 aromatic heterocycles. The Bertz CT molecular complexity index is 627. The number of ether oxygens (including phenoxy) is 2. The molecule has 1 aromatic carbocycles. The van der Waals surface area contributed by atoms with Crippen molar-refractivity contribution in [2.45, 2.75) is 45.6 Å². The molecule has 2 N–H and O–H groups in total. The molecule has 28 heavy (non-hydrogen) atoms. The van der Waals surface area contributed by atoms with Crippen molar-refractivity contribution in [3.63, 3.8) is 0 Å². The van der Waals surface area contributed by atoms with Gasteiger partial charge in [-0.15, -0.1) is 0 Å². The Balaban J connectivity index is 1.43. The van der Waals surface area contributed by atoms with E-state index in [4.69, 9.17) is 9.47 Å². The van der Waals surface area contributed by atoms with Gasteiger partial charge in [0.05, 0.1) is 19.8 Å². The summed E-state index contributed by atoms with van der Waals surface area (Å²) in [5, 5.41) is 6.11. The van der Waals surface area contributed by atoms with Crippen molar-refractivity contribution in [1.82, 2.24) is 15.5 Å². The number of nitrogens with one attached hydrogen (secondary N) is 2. The summed E-state index contributed by atoms with van der Waals surface area (Å²) < 4.78 is 11.0. The number of hydrogen-bond acceptors (Lipinski definition) is 4. The van der Waals surface area contributed by atoms with Crippen LogP contribution in [0.1, 0.15) is 37.8 Å². The zero-order valence-corrected chi connectivity index (χ0v) is 17.3. The van der Waals surface area contributed by atoms with Gasteiger partial charge in [0, 0.05) is 38.6 Å². The van der Waals surface area contributed by atoms with Crippen molar-refractivity contribution in [1.29, 1.82) is 0 Å².